The van der Waals surface area contributed by atoms with E-state index in [1.165, 1.54) is 4.90 Å². The third-order valence-electron chi connectivity index (χ3n) is 2.64. The molecule has 5 nitrogen and oxygen atoms in total. The maximum Gasteiger partial charge on any atom is 0.412 e. The van der Waals surface area contributed by atoms with Gasteiger partial charge >= 0.3 is 12.1 Å². The number of allylic oxidation sites excluding steroid dienone is 1. The lowest BCUT2D eigenvalue weighted by Gasteiger charge is -2.19. The number of carbonyl (C=O) groups excluding carboxylic acids is 2. The topological polar surface area (TPSA) is 55.8 Å². The Morgan fingerprint density at radius 1 is 1.69 bits per heavy atom. The van der Waals surface area contributed by atoms with E-state index in [1.807, 2.05) is 6.92 Å². The first-order chi connectivity index (χ1) is 7.60. The number of cyclic esters (lactones) is 1. The smallest absolute Gasteiger partial charge is 0.412 e. The summed E-state index contributed by atoms with van der Waals surface area (Å²) in [7, 11) is 0. The minimum atomic E-state index is -0.419. The summed E-state index contributed by atoms with van der Waals surface area (Å²) in [5.41, 5.74) is 0.528. The second-order valence-electron chi connectivity index (χ2n) is 3.64. The van der Waals surface area contributed by atoms with Gasteiger partial charge in [0.25, 0.3) is 0 Å². The van der Waals surface area contributed by atoms with Gasteiger partial charge in [0.1, 0.15) is 6.61 Å². The number of amides is 1. The monoisotopic (exact) mass is 227 g/mol. The van der Waals surface area contributed by atoms with Crippen molar-refractivity contribution in [3.8, 4) is 0 Å². The lowest BCUT2D eigenvalue weighted by atomic mass is 10.2. The second kappa shape index (κ2) is 5.53. The number of hydrogen-bond acceptors (Lipinski definition) is 4. The highest BCUT2D eigenvalue weighted by molar-refractivity contribution is 5.87. The molecule has 0 aromatic rings. The molecule has 0 aliphatic carbocycles. The van der Waals surface area contributed by atoms with Crippen LogP contribution in [0.15, 0.2) is 11.6 Å². The number of nitrogens with zero attached hydrogens (tertiary/aromatic N) is 1. The van der Waals surface area contributed by atoms with Gasteiger partial charge in [0.05, 0.1) is 6.04 Å². The van der Waals surface area contributed by atoms with Crippen molar-refractivity contribution < 1.29 is 19.1 Å². The van der Waals surface area contributed by atoms with Crippen molar-refractivity contribution in [2.24, 2.45) is 0 Å². The molecule has 0 spiro atoms. The van der Waals surface area contributed by atoms with Crippen LogP contribution >= 0.6 is 0 Å². The van der Waals surface area contributed by atoms with Crippen LogP contribution in [-0.4, -0.2) is 36.3 Å². The third kappa shape index (κ3) is 2.74. The van der Waals surface area contributed by atoms with Gasteiger partial charge in [0.15, 0.2) is 6.73 Å². The molecule has 1 rings (SSSR count). The Hall–Kier alpha value is -1.52. The van der Waals surface area contributed by atoms with E-state index >= 15 is 0 Å². The van der Waals surface area contributed by atoms with Crippen molar-refractivity contribution in [1.29, 1.82) is 0 Å². The highest BCUT2D eigenvalue weighted by atomic mass is 16.6. The molecular formula is C11H17NO4. The number of esters is 1. The molecule has 1 saturated heterocycles. The molecule has 1 fully saturated rings. The van der Waals surface area contributed by atoms with Gasteiger partial charge in [-0.05, 0) is 20.3 Å². The van der Waals surface area contributed by atoms with E-state index in [-0.39, 0.29) is 12.8 Å². The van der Waals surface area contributed by atoms with Crippen molar-refractivity contribution >= 4 is 12.1 Å². The molecule has 1 atom stereocenters. The SMILES string of the molecule is CC=C(C)C(=O)OCN1C(=O)OCC1CC. The molecule has 0 bridgehead atoms. The quantitative estimate of drug-likeness (QED) is 0.541. The van der Waals surface area contributed by atoms with Crippen LogP contribution in [0.3, 0.4) is 0 Å². The summed E-state index contributed by atoms with van der Waals surface area (Å²) in [6, 6.07) is 0.00575. The molecule has 0 saturated carbocycles. The van der Waals surface area contributed by atoms with Crippen molar-refractivity contribution in [2.45, 2.75) is 33.2 Å². The van der Waals surface area contributed by atoms with Gasteiger partial charge in [-0.1, -0.05) is 13.0 Å². The van der Waals surface area contributed by atoms with Crippen LogP contribution in [0.4, 0.5) is 4.79 Å². The van der Waals surface area contributed by atoms with Gasteiger partial charge < -0.3 is 9.47 Å². The summed E-state index contributed by atoms with van der Waals surface area (Å²) in [5.74, 6) is -0.406. The fourth-order valence-electron chi connectivity index (χ4n) is 1.35. The normalized spacial score (nSPS) is 20.9. The average Bonchev–Trinajstić information content (AvgIpc) is 2.65. The predicted octanol–water partition coefficient (Wildman–Crippen LogP) is 1.68. The second-order valence-corrected chi connectivity index (χ2v) is 3.64. The van der Waals surface area contributed by atoms with Crippen LogP contribution in [0.1, 0.15) is 27.2 Å². The molecule has 1 amide bonds. The van der Waals surface area contributed by atoms with E-state index < -0.39 is 12.1 Å². The molecule has 5 heteroatoms. The summed E-state index contributed by atoms with van der Waals surface area (Å²) in [5, 5.41) is 0. The predicted molar refractivity (Wildman–Crippen MR) is 57.7 cm³/mol. The number of ether oxygens (including phenoxy) is 2. The fraction of sp³-hybridized carbons (Fsp3) is 0.636. The van der Waals surface area contributed by atoms with Crippen molar-refractivity contribution in [3.63, 3.8) is 0 Å². The number of carbonyl (C=O) groups is 2. The van der Waals surface area contributed by atoms with Gasteiger partial charge in [-0.15, -0.1) is 0 Å². The van der Waals surface area contributed by atoms with Gasteiger partial charge in [0.2, 0.25) is 0 Å². The Bertz CT molecular complexity index is 311. The fourth-order valence-corrected chi connectivity index (χ4v) is 1.35. The van der Waals surface area contributed by atoms with E-state index in [0.717, 1.165) is 6.42 Å². The lowest BCUT2D eigenvalue weighted by Crippen LogP contribution is -2.35. The molecule has 1 aliphatic rings. The van der Waals surface area contributed by atoms with Crippen LogP contribution in [-0.2, 0) is 14.3 Å². The molecule has 0 aromatic heterocycles. The standard InChI is InChI=1S/C11H17NO4/c1-4-8(3)10(13)16-7-12-9(5-2)6-15-11(12)14/h4,9H,5-7H2,1-3H3. The molecule has 1 heterocycles. The Morgan fingerprint density at radius 2 is 2.38 bits per heavy atom. The minimum Gasteiger partial charge on any atom is -0.447 e. The number of rotatable bonds is 4. The lowest BCUT2D eigenvalue weighted by molar-refractivity contribution is -0.142. The molecule has 1 aliphatic heterocycles. The maximum atomic E-state index is 11.4. The van der Waals surface area contributed by atoms with Crippen molar-refractivity contribution in [3.05, 3.63) is 11.6 Å². The van der Waals surface area contributed by atoms with Gasteiger partial charge in [-0.2, -0.15) is 0 Å². The first-order valence-corrected chi connectivity index (χ1v) is 5.33. The van der Waals surface area contributed by atoms with E-state index in [2.05, 4.69) is 0 Å². The molecule has 16 heavy (non-hydrogen) atoms. The molecule has 0 N–H and O–H groups in total. The van der Waals surface area contributed by atoms with Crippen LogP contribution < -0.4 is 0 Å². The van der Waals surface area contributed by atoms with Crippen molar-refractivity contribution in [1.82, 2.24) is 4.90 Å². The first kappa shape index (κ1) is 12.5. The van der Waals surface area contributed by atoms with Gasteiger partial charge in [-0.25, -0.2) is 9.59 Å². The molecule has 0 aromatic carbocycles. The Kier molecular flexibility index (Phi) is 4.34. The summed E-state index contributed by atoms with van der Waals surface area (Å²) in [6.07, 6.45) is 2.03. The minimum absolute atomic E-state index is 0.00575. The average molecular weight is 227 g/mol. The molecule has 90 valence electrons. The van der Waals surface area contributed by atoms with Crippen molar-refractivity contribution in [2.75, 3.05) is 13.3 Å². The Morgan fingerprint density at radius 3 is 2.94 bits per heavy atom. The molecule has 1 unspecified atom stereocenters. The number of hydrogen-bond donors (Lipinski definition) is 0. The Labute approximate surface area is 95.0 Å². The highest BCUT2D eigenvalue weighted by Crippen LogP contribution is 2.15. The Balaban J connectivity index is 2.48. The zero-order valence-electron chi connectivity index (χ0n) is 9.86. The van der Waals surface area contributed by atoms with Crippen LogP contribution in [0.2, 0.25) is 0 Å². The van der Waals surface area contributed by atoms with Gasteiger partial charge in [0, 0.05) is 5.57 Å². The van der Waals surface area contributed by atoms with E-state index in [0.29, 0.717) is 12.2 Å². The van der Waals surface area contributed by atoms with Crippen LogP contribution in [0.25, 0.3) is 0 Å². The summed E-state index contributed by atoms with van der Waals surface area (Å²) >= 11 is 0. The summed E-state index contributed by atoms with van der Waals surface area (Å²) in [4.78, 5) is 24.1. The summed E-state index contributed by atoms with van der Waals surface area (Å²) < 4.78 is 9.87. The summed E-state index contributed by atoms with van der Waals surface area (Å²) in [6.45, 7) is 5.72. The maximum absolute atomic E-state index is 11.4. The van der Waals surface area contributed by atoms with E-state index in [4.69, 9.17) is 9.47 Å². The molecular weight excluding hydrogens is 210 g/mol. The van der Waals surface area contributed by atoms with Crippen LogP contribution in [0, 0.1) is 0 Å². The van der Waals surface area contributed by atoms with Crippen LogP contribution in [0.5, 0.6) is 0 Å². The molecule has 0 radical (unpaired) electrons. The zero-order chi connectivity index (χ0) is 12.1. The van der Waals surface area contributed by atoms with E-state index in [9.17, 15) is 9.59 Å². The van der Waals surface area contributed by atoms with Gasteiger partial charge in [-0.3, -0.25) is 4.90 Å². The zero-order valence-corrected chi connectivity index (χ0v) is 9.86. The highest BCUT2D eigenvalue weighted by Gasteiger charge is 2.32. The largest absolute Gasteiger partial charge is 0.447 e. The third-order valence-corrected chi connectivity index (χ3v) is 2.64. The first-order valence-electron chi connectivity index (χ1n) is 5.33. The van der Waals surface area contributed by atoms with E-state index in [1.54, 1.807) is 19.9 Å².